The van der Waals surface area contributed by atoms with Crippen LogP contribution in [0.5, 0.6) is 0 Å². The van der Waals surface area contributed by atoms with Crippen LogP contribution in [0.3, 0.4) is 0 Å². The van der Waals surface area contributed by atoms with E-state index in [1.54, 1.807) is 5.51 Å². The van der Waals surface area contributed by atoms with Crippen LogP contribution in [0.2, 0.25) is 0 Å². The normalized spacial score (nSPS) is 14.2. The molecule has 13 heavy (non-hydrogen) atoms. The maximum Gasteiger partial charge on any atom is 0.185 e. The molecule has 0 aliphatic heterocycles. The third kappa shape index (κ3) is 2.37. The van der Waals surface area contributed by atoms with Gasteiger partial charge in [-0.3, -0.25) is 4.79 Å². The zero-order valence-corrected chi connectivity index (χ0v) is 9.31. The molecule has 1 aromatic heterocycles. The molecule has 0 aliphatic carbocycles. The van der Waals surface area contributed by atoms with E-state index in [9.17, 15) is 4.79 Å². The van der Waals surface area contributed by atoms with Crippen molar-refractivity contribution in [2.75, 3.05) is 0 Å². The molecule has 1 heterocycles. The summed E-state index contributed by atoms with van der Waals surface area (Å²) in [6, 6.07) is 0. The van der Waals surface area contributed by atoms with E-state index in [0.29, 0.717) is 5.69 Å². The Hall–Kier alpha value is -0.700. The summed E-state index contributed by atoms with van der Waals surface area (Å²) in [7, 11) is 0. The van der Waals surface area contributed by atoms with E-state index in [1.807, 2.05) is 12.3 Å². The zero-order chi connectivity index (χ0) is 10.1. The SMILES string of the molecule is CC(C(=O)c1cscn1)C(C)(C)C. The lowest BCUT2D eigenvalue weighted by atomic mass is 9.79. The fourth-order valence-corrected chi connectivity index (χ4v) is 1.49. The first kappa shape index (κ1) is 10.4. The van der Waals surface area contributed by atoms with Crippen molar-refractivity contribution in [3.63, 3.8) is 0 Å². The molecule has 0 radical (unpaired) electrons. The summed E-state index contributed by atoms with van der Waals surface area (Å²) in [6.45, 7) is 8.17. The molecule has 1 atom stereocenters. The number of hydrogen-bond donors (Lipinski definition) is 0. The van der Waals surface area contributed by atoms with Crippen molar-refractivity contribution in [2.45, 2.75) is 27.7 Å². The van der Waals surface area contributed by atoms with Crippen molar-refractivity contribution < 1.29 is 4.79 Å². The van der Waals surface area contributed by atoms with Crippen molar-refractivity contribution in [3.8, 4) is 0 Å². The monoisotopic (exact) mass is 197 g/mol. The highest BCUT2D eigenvalue weighted by Crippen LogP contribution is 2.28. The molecule has 0 saturated carbocycles. The third-order valence-electron chi connectivity index (χ3n) is 2.38. The minimum Gasteiger partial charge on any atom is -0.292 e. The average molecular weight is 197 g/mol. The molecule has 3 heteroatoms. The number of aromatic nitrogens is 1. The molecular weight excluding hydrogens is 182 g/mol. The van der Waals surface area contributed by atoms with Crippen LogP contribution in [-0.4, -0.2) is 10.8 Å². The summed E-state index contributed by atoms with van der Waals surface area (Å²) in [5.74, 6) is 0.170. The maximum atomic E-state index is 11.8. The summed E-state index contributed by atoms with van der Waals surface area (Å²) in [4.78, 5) is 15.8. The largest absolute Gasteiger partial charge is 0.292 e. The molecule has 0 amide bonds. The van der Waals surface area contributed by atoms with Gasteiger partial charge in [0.2, 0.25) is 0 Å². The van der Waals surface area contributed by atoms with Crippen LogP contribution >= 0.6 is 11.3 Å². The Morgan fingerprint density at radius 3 is 2.54 bits per heavy atom. The number of carbonyl (C=O) groups excluding carboxylic acids is 1. The number of rotatable bonds is 2. The first-order valence-electron chi connectivity index (χ1n) is 4.35. The number of hydrogen-bond acceptors (Lipinski definition) is 3. The molecule has 0 saturated heterocycles. The summed E-state index contributed by atoms with van der Waals surface area (Å²) in [5.41, 5.74) is 2.32. The van der Waals surface area contributed by atoms with Gasteiger partial charge in [-0.25, -0.2) is 4.98 Å². The Kier molecular flexibility index (Phi) is 2.86. The molecule has 0 bridgehead atoms. The molecule has 0 aromatic carbocycles. The van der Waals surface area contributed by atoms with Crippen LogP contribution in [0.1, 0.15) is 38.2 Å². The molecule has 1 unspecified atom stereocenters. The number of thiazole rings is 1. The summed E-state index contributed by atoms with van der Waals surface area (Å²) in [6.07, 6.45) is 0. The van der Waals surface area contributed by atoms with Crippen molar-refractivity contribution >= 4 is 17.1 Å². The lowest BCUT2D eigenvalue weighted by molar-refractivity contribution is 0.0835. The standard InChI is InChI=1S/C10H15NOS/c1-7(10(2,3)4)9(12)8-5-13-6-11-8/h5-7H,1-4H3. The molecule has 0 N–H and O–H groups in total. The zero-order valence-electron chi connectivity index (χ0n) is 8.50. The van der Waals surface area contributed by atoms with E-state index in [2.05, 4.69) is 25.8 Å². The number of carbonyl (C=O) groups is 1. The second-order valence-corrected chi connectivity index (χ2v) is 5.04. The summed E-state index contributed by atoms with van der Waals surface area (Å²) in [5, 5.41) is 1.81. The van der Waals surface area contributed by atoms with Gasteiger partial charge in [-0.05, 0) is 5.41 Å². The first-order valence-corrected chi connectivity index (χ1v) is 5.29. The number of ketones is 1. The minimum atomic E-state index is 0.0146. The van der Waals surface area contributed by atoms with Crippen LogP contribution in [0.25, 0.3) is 0 Å². The predicted molar refractivity (Wildman–Crippen MR) is 55.1 cm³/mol. The number of nitrogens with zero attached hydrogens (tertiary/aromatic N) is 1. The van der Waals surface area contributed by atoms with E-state index >= 15 is 0 Å². The minimum absolute atomic E-state index is 0.0146. The van der Waals surface area contributed by atoms with Crippen LogP contribution in [-0.2, 0) is 0 Å². The predicted octanol–water partition coefficient (Wildman–Crippen LogP) is 3.01. The van der Waals surface area contributed by atoms with Gasteiger partial charge in [-0.2, -0.15) is 0 Å². The first-order chi connectivity index (χ1) is 5.93. The molecule has 2 nitrogen and oxygen atoms in total. The Bertz CT molecular complexity index is 284. The van der Waals surface area contributed by atoms with E-state index < -0.39 is 0 Å². The van der Waals surface area contributed by atoms with Crippen molar-refractivity contribution in [3.05, 3.63) is 16.6 Å². The molecule has 72 valence electrons. The molecular formula is C10H15NOS. The molecule has 0 aliphatic rings. The lowest BCUT2D eigenvalue weighted by Gasteiger charge is -2.25. The highest BCUT2D eigenvalue weighted by atomic mass is 32.1. The van der Waals surface area contributed by atoms with E-state index in [4.69, 9.17) is 0 Å². The average Bonchev–Trinajstić information content (AvgIpc) is 2.51. The Labute approximate surface area is 83.0 Å². The van der Waals surface area contributed by atoms with Crippen LogP contribution in [0.4, 0.5) is 0 Å². The second-order valence-electron chi connectivity index (χ2n) is 4.33. The highest BCUT2D eigenvalue weighted by Gasteiger charge is 2.28. The second kappa shape index (κ2) is 3.58. The third-order valence-corrected chi connectivity index (χ3v) is 2.96. The van der Waals surface area contributed by atoms with Gasteiger partial charge >= 0.3 is 0 Å². The van der Waals surface area contributed by atoms with E-state index in [0.717, 1.165) is 0 Å². The molecule has 0 fully saturated rings. The fourth-order valence-electron chi connectivity index (χ4n) is 0.949. The topological polar surface area (TPSA) is 30.0 Å². The number of Topliss-reactive ketones (excluding diaryl/α,β-unsaturated/α-hetero) is 1. The fraction of sp³-hybridized carbons (Fsp3) is 0.600. The van der Waals surface area contributed by atoms with Crippen LogP contribution in [0, 0.1) is 11.3 Å². The molecule has 1 aromatic rings. The van der Waals surface area contributed by atoms with Gasteiger partial charge in [0, 0.05) is 11.3 Å². The van der Waals surface area contributed by atoms with Crippen LogP contribution < -0.4 is 0 Å². The van der Waals surface area contributed by atoms with E-state index in [1.165, 1.54) is 11.3 Å². The van der Waals surface area contributed by atoms with Gasteiger partial charge < -0.3 is 0 Å². The van der Waals surface area contributed by atoms with Crippen molar-refractivity contribution in [1.29, 1.82) is 0 Å². The van der Waals surface area contributed by atoms with Crippen LogP contribution in [0.15, 0.2) is 10.9 Å². The Balaban J connectivity index is 2.81. The van der Waals surface area contributed by atoms with Gasteiger partial charge in [0.15, 0.2) is 5.78 Å². The van der Waals surface area contributed by atoms with Gasteiger partial charge in [-0.1, -0.05) is 27.7 Å². The smallest absolute Gasteiger partial charge is 0.185 e. The van der Waals surface area contributed by atoms with Crippen molar-refractivity contribution in [2.24, 2.45) is 11.3 Å². The quantitative estimate of drug-likeness (QED) is 0.682. The van der Waals surface area contributed by atoms with Gasteiger partial charge in [0.1, 0.15) is 5.69 Å². The van der Waals surface area contributed by atoms with E-state index in [-0.39, 0.29) is 17.1 Å². The Morgan fingerprint density at radius 1 is 1.54 bits per heavy atom. The Morgan fingerprint density at radius 2 is 2.15 bits per heavy atom. The van der Waals surface area contributed by atoms with Gasteiger partial charge in [0.25, 0.3) is 0 Å². The maximum absolute atomic E-state index is 11.8. The van der Waals surface area contributed by atoms with Gasteiger partial charge in [-0.15, -0.1) is 11.3 Å². The molecule has 1 rings (SSSR count). The highest BCUT2D eigenvalue weighted by molar-refractivity contribution is 7.07. The van der Waals surface area contributed by atoms with Gasteiger partial charge in [0.05, 0.1) is 5.51 Å². The molecule has 0 spiro atoms. The summed E-state index contributed by atoms with van der Waals surface area (Å²) >= 11 is 1.46. The lowest BCUT2D eigenvalue weighted by Crippen LogP contribution is -2.26. The van der Waals surface area contributed by atoms with Crippen molar-refractivity contribution in [1.82, 2.24) is 4.98 Å². The summed E-state index contributed by atoms with van der Waals surface area (Å²) < 4.78 is 0.